The van der Waals surface area contributed by atoms with Crippen molar-refractivity contribution in [3.8, 4) is 0 Å². The van der Waals surface area contributed by atoms with Gasteiger partial charge in [0.15, 0.2) is 11.3 Å². The molecule has 0 aliphatic carbocycles. The molecule has 0 atom stereocenters. The van der Waals surface area contributed by atoms with E-state index < -0.39 is 0 Å². The average molecular weight is 176 g/mol. The van der Waals surface area contributed by atoms with Crippen LogP contribution in [0.1, 0.15) is 10.4 Å². The molecule has 5 heteroatoms. The van der Waals surface area contributed by atoms with Gasteiger partial charge in [-0.2, -0.15) is 0 Å². The average Bonchev–Trinajstić information content (AvgIpc) is 2.18. The Bertz CT molecular complexity index is 381. The standard InChI is InChI=1S/C8H5N3O2/c9-11-8-3-7(10-5-13)2-1-6(8)4-12/h1-5H/p+1. The number of nitrogens with zero attached hydrogens (tertiary/aromatic N) is 2. The first-order chi connectivity index (χ1) is 6.31. The van der Waals surface area contributed by atoms with Crippen LogP contribution in [0.2, 0.25) is 0 Å². The number of carbonyl (C=O) groups excluding carboxylic acids is 2. The number of diazo groups is 1. The summed E-state index contributed by atoms with van der Waals surface area (Å²) >= 11 is 0. The largest absolute Gasteiger partial charge is 0.397 e. The first-order valence-corrected chi connectivity index (χ1v) is 3.46. The van der Waals surface area contributed by atoms with Crippen molar-refractivity contribution in [2.45, 2.75) is 0 Å². The molecule has 0 bridgehead atoms. The summed E-state index contributed by atoms with van der Waals surface area (Å²) in [4.78, 5) is 23.3. The summed E-state index contributed by atoms with van der Waals surface area (Å²) in [5.74, 6) is 0. The molecule has 0 saturated heterocycles. The Hall–Kier alpha value is -2.22. The van der Waals surface area contributed by atoms with Crippen LogP contribution in [0.15, 0.2) is 18.2 Å². The summed E-state index contributed by atoms with van der Waals surface area (Å²) in [7, 11) is 0. The third-order valence-electron chi connectivity index (χ3n) is 1.49. The number of hydrogen-bond acceptors (Lipinski definition) is 3. The topological polar surface area (TPSA) is 74.3 Å². The molecular weight excluding hydrogens is 170 g/mol. The molecule has 0 heterocycles. The van der Waals surface area contributed by atoms with Crippen LogP contribution >= 0.6 is 0 Å². The monoisotopic (exact) mass is 176 g/mol. The van der Waals surface area contributed by atoms with Gasteiger partial charge in [0.25, 0.3) is 0 Å². The Morgan fingerprint density at radius 2 is 2.15 bits per heavy atom. The molecule has 0 unspecified atom stereocenters. The van der Waals surface area contributed by atoms with Crippen molar-refractivity contribution in [3.05, 3.63) is 28.7 Å². The first kappa shape index (κ1) is 8.87. The number of carbonyl (C=O) groups is 2. The van der Waals surface area contributed by atoms with Crippen LogP contribution in [-0.2, 0) is 4.79 Å². The summed E-state index contributed by atoms with van der Waals surface area (Å²) in [5.41, 5.74) is 0.856. The summed E-state index contributed by atoms with van der Waals surface area (Å²) in [5, 5.41) is 10.9. The number of aldehydes is 1. The van der Waals surface area contributed by atoms with Gasteiger partial charge in [-0.25, -0.2) is 0 Å². The van der Waals surface area contributed by atoms with Crippen molar-refractivity contribution in [2.75, 3.05) is 5.32 Å². The lowest BCUT2D eigenvalue weighted by Gasteiger charge is -1.94. The lowest BCUT2D eigenvalue weighted by molar-refractivity contribution is -0.105. The molecule has 13 heavy (non-hydrogen) atoms. The second-order valence-corrected chi connectivity index (χ2v) is 2.25. The number of rotatable bonds is 3. The van der Waals surface area contributed by atoms with Gasteiger partial charge in [0.1, 0.15) is 5.56 Å². The first-order valence-electron chi connectivity index (χ1n) is 3.46. The van der Waals surface area contributed by atoms with Crippen molar-refractivity contribution >= 4 is 24.1 Å². The lowest BCUT2D eigenvalue weighted by Crippen LogP contribution is -1.93. The van der Waals surface area contributed by atoms with Crippen molar-refractivity contribution in [1.29, 1.82) is 5.39 Å². The fourth-order valence-corrected chi connectivity index (χ4v) is 0.888. The number of benzene rings is 1. The Morgan fingerprint density at radius 1 is 1.38 bits per heavy atom. The van der Waals surface area contributed by atoms with Crippen LogP contribution in [0.3, 0.4) is 0 Å². The third kappa shape index (κ3) is 1.87. The molecule has 0 aliphatic rings. The lowest BCUT2D eigenvalue weighted by atomic mass is 10.2. The van der Waals surface area contributed by atoms with Gasteiger partial charge < -0.3 is 5.32 Å². The molecule has 1 amide bonds. The highest BCUT2D eigenvalue weighted by Gasteiger charge is 2.13. The van der Waals surface area contributed by atoms with Gasteiger partial charge in [-0.05, 0) is 12.1 Å². The van der Waals surface area contributed by atoms with Crippen molar-refractivity contribution in [2.24, 2.45) is 0 Å². The smallest absolute Gasteiger partial charge is 0.328 e. The van der Waals surface area contributed by atoms with Crippen LogP contribution in [0, 0.1) is 5.39 Å². The molecule has 1 aromatic carbocycles. The van der Waals surface area contributed by atoms with E-state index >= 15 is 0 Å². The SMILES string of the molecule is N#[N+]c1cc(NC=O)ccc1C=O. The fraction of sp³-hybridized carbons (Fsp3) is 0. The summed E-state index contributed by atoms with van der Waals surface area (Å²) in [6.45, 7) is 0. The number of nitrogens with one attached hydrogen (secondary N) is 1. The molecule has 0 fully saturated rings. The second kappa shape index (κ2) is 3.97. The molecule has 0 spiro atoms. The predicted octanol–water partition coefficient (Wildman–Crippen LogP) is 1.55. The van der Waals surface area contributed by atoms with E-state index in [0.717, 1.165) is 0 Å². The third-order valence-corrected chi connectivity index (χ3v) is 1.49. The Balaban J connectivity index is 3.14. The number of anilines is 1. The Kier molecular flexibility index (Phi) is 2.71. The van der Waals surface area contributed by atoms with Gasteiger partial charge in [-0.15, -0.1) is 0 Å². The molecule has 5 nitrogen and oxygen atoms in total. The maximum absolute atomic E-state index is 10.4. The van der Waals surface area contributed by atoms with Crippen LogP contribution < -0.4 is 5.32 Å². The van der Waals surface area contributed by atoms with E-state index in [-0.39, 0.29) is 11.3 Å². The molecular formula is C8H6N3O2+. The van der Waals surface area contributed by atoms with Crippen molar-refractivity contribution in [1.82, 2.24) is 0 Å². The molecule has 1 N–H and O–H groups in total. The van der Waals surface area contributed by atoms with Gasteiger partial charge in [0.2, 0.25) is 11.8 Å². The van der Waals surface area contributed by atoms with E-state index in [1.54, 1.807) is 0 Å². The van der Waals surface area contributed by atoms with Gasteiger partial charge in [0, 0.05) is 5.69 Å². The van der Waals surface area contributed by atoms with E-state index in [0.29, 0.717) is 18.4 Å². The van der Waals surface area contributed by atoms with Crippen molar-refractivity contribution in [3.63, 3.8) is 0 Å². The highest BCUT2D eigenvalue weighted by molar-refractivity contribution is 5.87. The minimum Gasteiger partial charge on any atom is -0.328 e. The maximum atomic E-state index is 10.4. The van der Waals surface area contributed by atoms with Crippen LogP contribution in [0.4, 0.5) is 11.4 Å². The van der Waals surface area contributed by atoms with Crippen LogP contribution in [0.25, 0.3) is 4.98 Å². The summed E-state index contributed by atoms with van der Waals surface area (Å²) < 4.78 is 0. The van der Waals surface area contributed by atoms with Crippen LogP contribution in [0.5, 0.6) is 0 Å². The van der Waals surface area contributed by atoms with Gasteiger partial charge in [0.05, 0.1) is 6.07 Å². The highest BCUT2D eigenvalue weighted by atomic mass is 16.1. The molecule has 0 aromatic heterocycles. The zero-order valence-electron chi connectivity index (χ0n) is 6.60. The minimum absolute atomic E-state index is 0.127. The second-order valence-electron chi connectivity index (χ2n) is 2.25. The molecule has 0 radical (unpaired) electrons. The fourth-order valence-electron chi connectivity index (χ4n) is 0.888. The molecule has 0 saturated carbocycles. The molecule has 64 valence electrons. The number of amides is 1. The normalized spacial score (nSPS) is 8.54. The van der Waals surface area contributed by atoms with E-state index in [1.807, 2.05) is 0 Å². The predicted molar refractivity (Wildman–Crippen MR) is 46.3 cm³/mol. The van der Waals surface area contributed by atoms with Gasteiger partial charge in [-0.1, -0.05) is 0 Å². The minimum atomic E-state index is 0.127. The van der Waals surface area contributed by atoms with Gasteiger partial charge >= 0.3 is 5.69 Å². The van der Waals surface area contributed by atoms with Gasteiger partial charge in [-0.3, -0.25) is 9.59 Å². The van der Waals surface area contributed by atoms with E-state index in [9.17, 15) is 9.59 Å². The molecule has 1 rings (SSSR count). The molecule has 0 aliphatic heterocycles. The highest BCUT2D eigenvalue weighted by Crippen LogP contribution is 2.21. The van der Waals surface area contributed by atoms with Crippen LogP contribution in [-0.4, -0.2) is 12.7 Å². The summed E-state index contributed by atoms with van der Waals surface area (Å²) in [6.07, 6.45) is 1.07. The zero-order valence-corrected chi connectivity index (χ0v) is 6.60. The Morgan fingerprint density at radius 3 is 2.69 bits per heavy atom. The maximum Gasteiger partial charge on any atom is 0.397 e. The quantitative estimate of drug-likeness (QED) is 0.560. The van der Waals surface area contributed by atoms with Crippen molar-refractivity contribution < 1.29 is 9.59 Å². The summed E-state index contributed by atoms with van der Waals surface area (Å²) in [6, 6.07) is 4.37. The number of hydrogen-bond donors (Lipinski definition) is 1. The van der Waals surface area contributed by atoms with E-state index in [2.05, 4.69) is 10.3 Å². The van der Waals surface area contributed by atoms with E-state index in [1.165, 1.54) is 18.2 Å². The Labute approximate surface area is 74.0 Å². The zero-order chi connectivity index (χ0) is 9.68. The molecule has 1 aromatic rings. The van der Waals surface area contributed by atoms with E-state index in [4.69, 9.17) is 5.39 Å².